The Labute approximate surface area is 702 Å². The number of carbonyl (C=O) groups is 15. The fourth-order valence-electron chi connectivity index (χ4n) is 12.8. The Balaban J connectivity index is 0.000000647. The number of allylic oxidation sites excluding steroid dienone is 4. The van der Waals surface area contributed by atoms with E-state index in [1.807, 2.05) is 80.6 Å². The maximum atomic E-state index is 13.2. The van der Waals surface area contributed by atoms with Crippen molar-refractivity contribution < 1.29 is 159 Å². The lowest BCUT2D eigenvalue weighted by Crippen LogP contribution is -2.39. The summed E-state index contributed by atoms with van der Waals surface area (Å²) in [5.41, 5.74) is 2.25. The highest BCUT2D eigenvalue weighted by Gasteiger charge is 2.48. The van der Waals surface area contributed by atoms with Crippen LogP contribution in [0.1, 0.15) is 232 Å². The largest absolute Gasteiger partial charge is 0.479 e. The van der Waals surface area contributed by atoms with Crippen LogP contribution in [0.15, 0.2) is 85.0 Å². The van der Waals surface area contributed by atoms with Crippen molar-refractivity contribution in [3.63, 3.8) is 0 Å². The van der Waals surface area contributed by atoms with E-state index in [0.29, 0.717) is 83.5 Å². The first-order chi connectivity index (χ1) is 56.4. The molecule has 2 fully saturated rings. The highest BCUT2D eigenvalue weighted by atomic mass is 16.7. The van der Waals surface area contributed by atoms with Crippen LogP contribution in [0.25, 0.3) is 0 Å². The highest BCUT2D eigenvalue weighted by Crippen LogP contribution is 2.43. The molecule has 672 valence electrons. The van der Waals surface area contributed by atoms with E-state index in [1.165, 1.54) is 54.0 Å². The summed E-state index contributed by atoms with van der Waals surface area (Å²) >= 11 is 0. The van der Waals surface area contributed by atoms with Gasteiger partial charge >= 0.3 is 89.5 Å². The number of esters is 14. The molecule has 0 aliphatic heterocycles. The van der Waals surface area contributed by atoms with Gasteiger partial charge in [0.15, 0.2) is 54.9 Å². The van der Waals surface area contributed by atoms with Crippen molar-refractivity contribution in [3.05, 3.63) is 96.1 Å². The Morgan fingerprint density at radius 2 is 0.683 bits per heavy atom. The molecule has 2 aliphatic rings. The van der Waals surface area contributed by atoms with E-state index >= 15 is 0 Å². The SMILES string of the molecule is CC(=O)O[C@@H](C)C(=O)OC(CCc1ccccc1)CCC1C(OC(=O)[C@H](C)OC(C)=O)CC(OC(=O)[C@H](C)OC(C)=O)C1C/C=C\CCCC(=O)OC(C)C.CC(=O)O[C@@H](C)C(=O)O[C@H](C)C(=O)O[C@H](C)C(=O)O[C@H](C)C(=O)O[C@H](C)C(=O)O[C@H](C)C(=O)O.CC(C)OC(=O)CCC/C=C\CC1C(O)CC(O)C1CCC(O)CCc1ccccc1. The molecule has 2 aliphatic carbocycles. The van der Waals surface area contributed by atoms with Gasteiger partial charge in [-0.05, 0) is 209 Å². The van der Waals surface area contributed by atoms with Crippen LogP contribution in [-0.4, -0.2) is 214 Å². The minimum atomic E-state index is -1.53. The Bertz CT molecular complexity index is 3630. The molecule has 120 heavy (non-hydrogen) atoms. The number of hydrogen-bond acceptors (Lipinski definition) is 32. The third-order valence-electron chi connectivity index (χ3n) is 18.9. The van der Waals surface area contributed by atoms with Gasteiger partial charge in [-0.3, -0.25) is 28.8 Å². The van der Waals surface area contributed by atoms with Crippen LogP contribution in [0, 0.1) is 23.7 Å². The summed E-state index contributed by atoms with van der Waals surface area (Å²) in [6.07, 6.45) is 1.28. The number of rotatable bonds is 47. The average Bonchev–Trinajstić information content (AvgIpc) is 1.66. The quantitative estimate of drug-likeness (QED) is 0.0207. The molecule has 10 unspecified atom stereocenters. The van der Waals surface area contributed by atoms with Gasteiger partial charge in [-0.25, -0.2) is 43.2 Å². The van der Waals surface area contributed by atoms with Crippen LogP contribution >= 0.6 is 0 Å². The molecule has 0 amide bonds. The zero-order chi connectivity index (χ0) is 90.5. The molecule has 2 aromatic carbocycles. The van der Waals surface area contributed by atoms with E-state index < -0.39 is 181 Å². The topological polar surface area (TPSA) is 466 Å². The first kappa shape index (κ1) is 106. The van der Waals surface area contributed by atoms with Gasteiger partial charge in [0.1, 0.15) is 18.3 Å². The van der Waals surface area contributed by atoms with Crippen LogP contribution in [0.3, 0.4) is 0 Å². The van der Waals surface area contributed by atoms with Crippen molar-refractivity contribution in [1.29, 1.82) is 0 Å². The van der Waals surface area contributed by atoms with Gasteiger partial charge in [0, 0.05) is 58.8 Å². The van der Waals surface area contributed by atoms with Crippen molar-refractivity contribution in [2.24, 2.45) is 23.7 Å². The van der Waals surface area contributed by atoms with Gasteiger partial charge < -0.3 is 86.7 Å². The summed E-state index contributed by atoms with van der Waals surface area (Å²) in [5.74, 6) is -13.2. The molecule has 2 saturated carbocycles. The molecule has 2 aromatic rings. The number of aliphatic carboxylic acids is 1. The van der Waals surface area contributed by atoms with Crippen molar-refractivity contribution in [1.82, 2.24) is 0 Å². The van der Waals surface area contributed by atoms with Crippen LogP contribution < -0.4 is 0 Å². The minimum Gasteiger partial charge on any atom is -0.479 e. The Hall–Kier alpha value is -10.2. The van der Waals surface area contributed by atoms with Gasteiger partial charge in [-0.2, -0.15) is 0 Å². The maximum Gasteiger partial charge on any atom is 0.347 e. The van der Waals surface area contributed by atoms with E-state index in [-0.39, 0.29) is 48.8 Å². The zero-order valence-electron chi connectivity index (χ0n) is 72.1. The van der Waals surface area contributed by atoms with E-state index in [0.717, 1.165) is 66.4 Å². The fourth-order valence-corrected chi connectivity index (χ4v) is 12.8. The molecule has 4 rings (SSSR count). The summed E-state index contributed by atoms with van der Waals surface area (Å²) in [7, 11) is 0. The first-order valence-electron chi connectivity index (χ1n) is 40.8. The summed E-state index contributed by atoms with van der Waals surface area (Å²) in [4.78, 5) is 179. The van der Waals surface area contributed by atoms with E-state index in [9.17, 15) is 87.2 Å². The van der Waals surface area contributed by atoms with Crippen LogP contribution in [-0.2, 0) is 151 Å². The summed E-state index contributed by atoms with van der Waals surface area (Å²) in [6.45, 7) is 23.0. The lowest BCUT2D eigenvalue weighted by molar-refractivity contribution is -0.187. The van der Waals surface area contributed by atoms with Crippen LogP contribution in [0.5, 0.6) is 0 Å². The highest BCUT2D eigenvalue weighted by molar-refractivity contribution is 5.87. The number of aliphatic hydroxyl groups is 3. The maximum absolute atomic E-state index is 13.2. The van der Waals surface area contributed by atoms with Gasteiger partial charge in [0.2, 0.25) is 0 Å². The molecular weight excluding hydrogens is 1570 g/mol. The molecular formula is C87H126O33. The second-order valence-corrected chi connectivity index (χ2v) is 30.1. The minimum absolute atomic E-state index is 0.00652. The first-order valence-corrected chi connectivity index (χ1v) is 40.8. The van der Waals surface area contributed by atoms with E-state index in [4.69, 9.17) is 61.9 Å². The van der Waals surface area contributed by atoms with Crippen LogP contribution in [0.2, 0.25) is 0 Å². The Kier molecular flexibility index (Phi) is 49.8. The normalized spacial score (nSPS) is 20.1. The molecule has 19 atom stereocenters. The molecule has 33 nitrogen and oxygen atoms in total. The second-order valence-electron chi connectivity index (χ2n) is 30.1. The number of hydrogen-bond donors (Lipinski definition) is 4. The van der Waals surface area contributed by atoms with Crippen molar-refractivity contribution in [3.8, 4) is 0 Å². The van der Waals surface area contributed by atoms with Crippen molar-refractivity contribution in [2.75, 3.05) is 0 Å². The van der Waals surface area contributed by atoms with E-state index in [2.05, 4.69) is 27.7 Å². The number of ether oxygens (including phenoxy) is 14. The van der Waals surface area contributed by atoms with E-state index in [1.54, 1.807) is 13.8 Å². The summed E-state index contributed by atoms with van der Waals surface area (Å²) < 4.78 is 71.6. The molecule has 4 N–H and O–H groups in total. The molecule has 0 radical (unpaired) electrons. The third-order valence-corrected chi connectivity index (χ3v) is 18.9. The average molecular weight is 1700 g/mol. The lowest BCUT2D eigenvalue weighted by atomic mass is 9.85. The van der Waals surface area contributed by atoms with Gasteiger partial charge in [0.05, 0.1) is 30.5 Å². The van der Waals surface area contributed by atoms with Crippen molar-refractivity contribution >= 4 is 89.5 Å². The van der Waals surface area contributed by atoms with Gasteiger partial charge in [-0.1, -0.05) is 85.0 Å². The second kappa shape index (κ2) is 56.4. The predicted molar refractivity (Wildman–Crippen MR) is 427 cm³/mol. The number of carboxylic acid groups (broad SMARTS) is 1. The number of carboxylic acids is 1. The number of benzene rings is 2. The molecule has 0 bridgehead atoms. The Morgan fingerprint density at radius 3 is 1.06 bits per heavy atom. The van der Waals surface area contributed by atoms with Gasteiger partial charge in [0.25, 0.3) is 0 Å². The smallest absolute Gasteiger partial charge is 0.347 e. The Morgan fingerprint density at radius 1 is 0.358 bits per heavy atom. The lowest BCUT2D eigenvalue weighted by Gasteiger charge is -2.28. The molecule has 0 aromatic heterocycles. The zero-order valence-corrected chi connectivity index (χ0v) is 72.1. The summed E-state index contributed by atoms with van der Waals surface area (Å²) in [5, 5.41) is 39.9. The fraction of sp³-hybridized carbons (Fsp3) is 0.644. The molecule has 0 saturated heterocycles. The number of aliphatic hydroxyl groups excluding tert-OH is 3. The number of carbonyl (C=O) groups excluding carboxylic acids is 14. The van der Waals surface area contributed by atoms with Crippen LogP contribution in [0.4, 0.5) is 0 Å². The van der Waals surface area contributed by atoms with Gasteiger partial charge in [-0.15, -0.1) is 0 Å². The third kappa shape index (κ3) is 43.7. The standard InChI is InChI=1S/C41H58O14.C26H40O5.C20H28O14/c1-25(2)49-38(45)19-15-10-9-14-18-34-35(23-22-33(21-20-32-16-12-11-13-17-32)53-39(46)26(3)50-29(6)42)37(55-41(48)28(5)52-31(8)44)24-36(34)54-40(47)27(4)51-30(7)43;1-19(2)31-26(30)13-9-4-3-8-12-22-23(25(29)18-24(22)28)17-16-21(27)15-14-20-10-6-5-7-11-20;1-8(15(22)23)30-17(25)10(3)32-19(27)12(5)34-20(28)13(6)33-18(26)11(4)31-16(24)9(2)29-14(7)21/h9,11-14,16-17,25-28,33-37H,10,15,18-24H2,1-8H3;3,5-8,10-11,19,21-25,27-29H,4,9,12-18H2,1-2H3;8-13H,1-7H3,(H,22,23)/b14-9-;8-3-;/t26-,27-,28-,33?,34?,35?,36?,37?;;8-,9+,10-,11-,12-,13-/m0.1/s1. The predicted octanol–water partition coefficient (Wildman–Crippen LogP) is 9.56. The summed E-state index contributed by atoms with van der Waals surface area (Å²) in [6, 6.07) is 19.8. The number of aryl methyl sites for hydroxylation is 2. The monoisotopic (exact) mass is 1700 g/mol. The molecule has 0 heterocycles. The van der Waals surface area contributed by atoms with Crippen molar-refractivity contribution in [2.45, 2.75) is 337 Å². The molecule has 0 spiro atoms. The number of unbranched alkanes of at least 4 members (excludes halogenated alkanes) is 2. The molecule has 33 heteroatoms.